The maximum atomic E-state index is 12.8. The minimum Gasteiger partial charge on any atom is -0.377 e. The highest BCUT2D eigenvalue weighted by Crippen LogP contribution is 2.34. The van der Waals surface area contributed by atoms with E-state index in [1.54, 1.807) is 0 Å². The molecule has 0 bridgehead atoms. The van der Waals surface area contributed by atoms with Crippen molar-refractivity contribution in [1.82, 2.24) is 15.6 Å². The van der Waals surface area contributed by atoms with Gasteiger partial charge in [-0.3, -0.25) is 4.99 Å². The number of nitrogens with zero attached hydrogens (tertiary/aromatic N) is 3. The summed E-state index contributed by atoms with van der Waals surface area (Å²) in [6.45, 7) is 6.12. The van der Waals surface area contributed by atoms with Crippen molar-refractivity contribution in [3.63, 3.8) is 0 Å². The van der Waals surface area contributed by atoms with E-state index in [9.17, 15) is 13.2 Å². The summed E-state index contributed by atoms with van der Waals surface area (Å²) in [5.74, 6) is 1.12. The average molecular weight is 446 g/mol. The molecule has 30 heavy (non-hydrogen) atoms. The van der Waals surface area contributed by atoms with Gasteiger partial charge >= 0.3 is 6.18 Å². The summed E-state index contributed by atoms with van der Waals surface area (Å²) >= 11 is 6.09. The second kappa shape index (κ2) is 10.3. The van der Waals surface area contributed by atoms with Crippen molar-refractivity contribution in [2.24, 2.45) is 4.99 Å². The Morgan fingerprint density at radius 2 is 2.27 bits per heavy atom. The number of anilines is 1. The van der Waals surface area contributed by atoms with Gasteiger partial charge < -0.3 is 20.3 Å². The van der Waals surface area contributed by atoms with Gasteiger partial charge in [0.1, 0.15) is 5.82 Å². The van der Waals surface area contributed by atoms with Gasteiger partial charge in [-0.1, -0.05) is 23.3 Å². The van der Waals surface area contributed by atoms with Crippen LogP contribution in [0, 0.1) is 0 Å². The molecule has 1 atom stereocenters. The van der Waals surface area contributed by atoms with Crippen molar-refractivity contribution in [2.75, 3.05) is 44.3 Å². The smallest absolute Gasteiger partial charge is 0.377 e. The minimum atomic E-state index is -4.46. The van der Waals surface area contributed by atoms with Gasteiger partial charge in [-0.2, -0.15) is 13.2 Å². The van der Waals surface area contributed by atoms with E-state index in [4.69, 9.17) is 16.3 Å². The molecule has 3 heterocycles. The number of alkyl halides is 3. The summed E-state index contributed by atoms with van der Waals surface area (Å²) in [6.07, 6.45) is 1.17. The van der Waals surface area contributed by atoms with Crippen LogP contribution >= 0.6 is 11.6 Å². The minimum absolute atomic E-state index is 0.00999. The Morgan fingerprint density at radius 3 is 2.93 bits per heavy atom. The third-order valence-corrected chi connectivity index (χ3v) is 5.36. The van der Waals surface area contributed by atoms with E-state index in [2.05, 4.69) is 26.7 Å². The van der Waals surface area contributed by atoms with Crippen molar-refractivity contribution in [3.05, 3.63) is 34.5 Å². The van der Waals surface area contributed by atoms with Crippen molar-refractivity contribution < 1.29 is 17.9 Å². The fourth-order valence-corrected chi connectivity index (χ4v) is 3.79. The molecule has 0 saturated carbocycles. The first kappa shape index (κ1) is 22.7. The fourth-order valence-electron chi connectivity index (χ4n) is 3.51. The van der Waals surface area contributed by atoms with Crippen LogP contribution in [0.3, 0.4) is 0 Å². The Kier molecular flexibility index (Phi) is 7.82. The van der Waals surface area contributed by atoms with Crippen LogP contribution < -0.4 is 15.5 Å². The molecule has 6 nitrogen and oxygen atoms in total. The molecule has 0 aliphatic carbocycles. The molecule has 0 aromatic carbocycles. The van der Waals surface area contributed by atoms with Crippen LogP contribution in [0.2, 0.25) is 5.02 Å². The molecule has 2 aliphatic heterocycles. The molecule has 2 aliphatic rings. The van der Waals surface area contributed by atoms with Crippen molar-refractivity contribution in [2.45, 2.75) is 38.4 Å². The normalized spacial score (nSPS) is 20.3. The molecular formula is C20H27ClF3N5O. The lowest BCUT2D eigenvalue weighted by Crippen LogP contribution is -2.44. The van der Waals surface area contributed by atoms with E-state index >= 15 is 0 Å². The molecule has 1 aromatic rings. The van der Waals surface area contributed by atoms with E-state index in [-0.39, 0.29) is 11.1 Å². The number of hydrogen-bond acceptors (Lipinski definition) is 4. The summed E-state index contributed by atoms with van der Waals surface area (Å²) in [4.78, 5) is 10.5. The summed E-state index contributed by atoms with van der Waals surface area (Å²) in [7, 11) is 0. The van der Waals surface area contributed by atoms with Crippen molar-refractivity contribution in [3.8, 4) is 0 Å². The van der Waals surface area contributed by atoms with Crippen LogP contribution in [0.15, 0.2) is 28.9 Å². The number of aromatic nitrogens is 1. The first-order valence-electron chi connectivity index (χ1n) is 10.1. The zero-order valence-electron chi connectivity index (χ0n) is 16.9. The number of ether oxygens (including phenoxy) is 1. The number of hydrogen-bond donors (Lipinski definition) is 2. The van der Waals surface area contributed by atoms with Crippen LogP contribution in [-0.2, 0) is 10.9 Å². The van der Waals surface area contributed by atoms with Gasteiger partial charge in [0.05, 0.1) is 23.8 Å². The molecule has 3 rings (SSSR count). The summed E-state index contributed by atoms with van der Waals surface area (Å²) in [6, 6.07) is 1.03. The molecule has 0 spiro atoms. The molecule has 1 fully saturated rings. The number of halogens is 4. The lowest BCUT2D eigenvalue weighted by Gasteiger charge is -2.21. The maximum Gasteiger partial charge on any atom is 0.417 e. The van der Waals surface area contributed by atoms with Crippen molar-refractivity contribution in [1.29, 1.82) is 0 Å². The molecular weight excluding hydrogens is 419 g/mol. The second-order valence-corrected chi connectivity index (χ2v) is 7.71. The Balaban J connectivity index is 1.56. The SMILES string of the molecule is CCNC(=NCCC1=CCOCC1)NC1CCN(c2ncc(C(F)(F)F)cc2Cl)C1. The third-order valence-electron chi connectivity index (χ3n) is 5.08. The summed E-state index contributed by atoms with van der Waals surface area (Å²) in [5, 5.41) is 6.67. The van der Waals surface area contributed by atoms with E-state index < -0.39 is 11.7 Å². The van der Waals surface area contributed by atoms with E-state index in [1.165, 1.54) is 5.57 Å². The van der Waals surface area contributed by atoms with Crippen LogP contribution in [0.5, 0.6) is 0 Å². The molecule has 1 unspecified atom stereocenters. The lowest BCUT2D eigenvalue weighted by molar-refractivity contribution is -0.137. The fraction of sp³-hybridized carbons (Fsp3) is 0.600. The maximum absolute atomic E-state index is 12.8. The van der Waals surface area contributed by atoms with Gasteiger partial charge in [0.2, 0.25) is 0 Å². The molecule has 1 aromatic heterocycles. The molecule has 2 N–H and O–H groups in total. The van der Waals surface area contributed by atoms with Gasteiger partial charge in [0.25, 0.3) is 0 Å². The van der Waals surface area contributed by atoms with Crippen LogP contribution in [0.1, 0.15) is 31.7 Å². The highest BCUT2D eigenvalue weighted by atomic mass is 35.5. The van der Waals surface area contributed by atoms with E-state index in [0.29, 0.717) is 32.1 Å². The van der Waals surface area contributed by atoms with Gasteiger partial charge in [0, 0.05) is 38.4 Å². The number of nitrogens with one attached hydrogen (secondary N) is 2. The third kappa shape index (κ3) is 6.25. The van der Waals surface area contributed by atoms with Crippen LogP contribution in [0.4, 0.5) is 19.0 Å². The topological polar surface area (TPSA) is 61.8 Å². The highest BCUT2D eigenvalue weighted by molar-refractivity contribution is 6.33. The monoisotopic (exact) mass is 445 g/mol. The Hall–Kier alpha value is -2.00. The first-order valence-corrected chi connectivity index (χ1v) is 10.5. The molecule has 166 valence electrons. The Bertz CT molecular complexity index is 784. The van der Waals surface area contributed by atoms with E-state index in [0.717, 1.165) is 50.6 Å². The zero-order valence-corrected chi connectivity index (χ0v) is 17.7. The zero-order chi connectivity index (χ0) is 21.6. The Labute approximate surface area is 179 Å². The summed E-state index contributed by atoms with van der Waals surface area (Å²) < 4.78 is 43.8. The lowest BCUT2D eigenvalue weighted by atomic mass is 10.1. The number of aliphatic imine (C=N–C) groups is 1. The largest absolute Gasteiger partial charge is 0.417 e. The number of pyridine rings is 1. The van der Waals surface area contributed by atoms with Crippen LogP contribution in [0.25, 0.3) is 0 Å². The molecule has 10 heteroatoms. The summed E-state index contributed by atoms with van der Waals surface area (Å²) in [5.41, 5.74) is 0.530. The van der Waals surface area contributed by atoms with Gasteiger partial charge in [-0.25, -0.2) is 4.98 Å². The van der Waals surface area contributed by atoms with Gasteiger partial charge in [-0.05, 0) is 32.3 Å². The Morgan fingerprint density at radius 1 is 1.43 bits per heavy atom. The molecule has 1 saturated heterocycles. The average Bonchev–Trinajstić information content (AvgIpc) is 3.16. The highest BCUT2D eigenvalue weighted by Gasteiger charge is 2.33. The van der Waals surface area contributed by atoms with E-state index in [1.807, 2.05) is 11.8 Å². The predicted octanol–water partition coefficient (Wildman–Crippen LogP) is 3.62. The number of guanidine groups is 1. The quantitative estimate of drug-likeness (QED) is 0.398. The standard InChI is InChI=1S/C20H27ClF3N5O/c1-2-25-19(26-7-3-14-5-9-30-10-6-14)28-16-4-8-29(13-16)18-17(21)11-15(12-27-18)20(22,23)24/h5,11-12,16H,2-4,6-10,13H2,1H3,(H2,25,26,28). The van der Waals surface area contributed by atoms with Gasteiger partial charge in [-0.15, -0.1) is 0 Å². The predicted molar refractivity (Wildman–Crippen MR) is 112 cm³/mol. The molecule has 0 radical (unpaired) electrons. The second-order valence-electron chi connectivity index (χ2n) is 7.30. The molecule has 0 amide bonds. The number of rotatable bonds is 6. The first-order chi connectivity index (χ1) is 14.4. The van der Waals surface area contributed by atoms with Gasteiger partial charge in [0.15, 0.2) is 5.96 Å². The van der Waals surface area contributed by atoms with Crippen LogP contribution in [-0.4, -0.2) is 56.4 Å². The van der Waals surface area contributed by atoms with Crippen molar-refractivity contribution >= 4 is 23.4 Å².